The first-order valence-electron chi connectivity index (χ1n) is 5.53. The predicted octanol–water partition coefficient (Wildman–Crippen LogP) is 2.13. The number of hydrogen-bond acceptors (Lipinski definition) is 2. The van der Waals surface area contributed by atoms with Crippen molar-refractivity contribution in [2.75, 3.05) is 6.54 Å². The van der Waals surface area contributed by atoms with Gasteiger partial charge in [-0.05, 0) is 33.0 Å². The van der Waals surface area contributed by atoms with Crippen molar-refractivity contribution in [1.29, 1.82) is 0 Å². The van der Waals surface area contributed by atoms with E-state index in [4.69, 9.17) is 12.2 Å². The first kappa shape index (κ1) is 13.6. The lowest BCUT2D eigenvalue weighted by Crippen LogP contribution is -2.47. The molecule has 92 valence electrons. The fourth-order valence-corrected chi connectivity index (χ4v) is 1.65. The number of nitrogens with one attached hydrogen (secondary N) is 2. The molecule has 0 heterocycles. The van der Waals surface area contributed by atoms with Gasteiger partial charge in [0.1, 0.15) is 0 Å². The highest BCUT2D eigenvalue weighted by atomic mass is 32.1. The van der Waals surface area contributed by atoms with Gasteiger partial charge < -0.3 is 10.6 Å². The fraction of sp³-hybridized carbons (Fsp3) is 0.385. The molecule has 1 rings (SSSR count). The molecule has 1 aromatic rings. The van der Waals surface area contributed by atoms with E-state index < -0.39 is 0 Å². The minimum absolute atomic E-state index is 0.0312. The lowest BCUT2D eigenvalue weighted by atomic mass is 10.1. The molecule has 0 saturated heterocycles. The summed E-state index contributed by atoms with van der Waals surface area (Å²) < 4.78 is 0. The summed E-state index contributed by atoms with van der Waals surface area (Å²) in [7, 11) is 0. The summed E-state index contributed by atoms with van der Waals surface area (Å²) in [6.45, 7) is 6.26. The standard InChI is InChI=1S/C13H18N2OS/c1-13(2,3)15-12(17)14-9-11(16)10-7-5-4-6-8-10/h4-8H,9H2,1-3H3,(H2,14,15,17). The number of ketones is 1. The number of benzene rings is 1. The Balaban J connectivity index is 2.42. The Morgan fingerprint density at radius 1 is 1.24 bits per heavy atom. The van der Waals surface area contributed by atoms with Crippen LogP contribution in [0.25, 0.3) is 0 Å². The highest BCUT2D eigenvalue weighted by Gasteiger charge is 2.11. The number of carbonyl (C=O) groups excluding carboxylic acids is 1. The van der Waals surface area contributed by atoms with Crippen LogP contribution in [0.15, 0.2) is 30.3 Å². The summed E-state index contributed by atoms with van der Waals surface area (Å²) in [6, 6.07) is 9.17. The van der Waals surface area contributed by atoms with Crippen LogP contribution < -0.4 is 10.6 Å². The van der Waals surface area contributed by atoms with Gasteiger partial charge in [-0.15, -0.1) is 0 Å². The first-order valence-corrected chi connectivity index (χ1v) is 5.93. The number of hydrogen-bond donors (Lipinski definition) is 2. The number of rotatable bonds is 3. The molecule has 0 unspecified atom stereocenters. The molecule has 1 aromatic carbocycles. The Morgan fingerprint density at radius 3 is 2.35 bits per heavy atom. The number of thiocarbonyl (C=S) groups is 1. The zero-order valence-electron chi connectivity index (χ0n) is 10.4. The van der Waals surface area contributed by atoms with Crippen LogP contribution in [0.5, 0.6) is 0 Å². The van der Waals surface area contributed by atoms with E-state index in [1.165, 1.54) is 0 Å². The maximum atomic E-state index is 11.8. The molecule has 0 aliphatic carbocycles. The molecule has 17 heavy (non-hydrogen) atoms. The molecule has 4 heteroatoms. The van der Waals surface area contributed by atoms with Gasteiger partial charge in [0.2, 0.25) is 0 Å². The van der Waals surface area contributed by atoms with Crippen molar-refractivity contribution in [3.8, 4) is 0 Å². The zero-order chi connectivity index (χ0) is 12.9. The summed E-state index contributed by atoms with van der Waals surface area (Å²) in [4.78, 5) is 11.8. The number of Topliss-reactive ketones (excluding diaryl/α,β-unsaturated/α-hetero) is 1. The molecular weight excluding hydrogens is 232 g/mol. The van der Waals surface area contributed by atoms with E-state index in [0.29, 0.717) is 10.7 Å². The van der Waals surface area contributed by atoms with Crippen molar-refractivity contribution >= 4 is 23.1 Å². The van der Waals surface area contributed by atoms with Crippen LogP contribution in [0.1, 0.15) is 31.1 Å². The SMILES string of the molecule is CC(C)(C)NC(=S)NCC(=O)c1ccccc1. The molecule has 0 radical (unpaired) electrons. The third-order valence-corrected chi connectivity index (χ3v) is 2.24. The van der Waals surface area contributed by atoms with Crippen LogP contribution in [0.3, 0.4) is 0 Å². The first-order chi connectivity index (χ1) is 7.88. The van der Waals surface area contributed by atoms with Gasteiger partial charge in [-0.2, -0.15) is 0 Å². The summed E-state index contributed by atoms with van der Waals surface area (Å²) in [5, 5.41) is 6.50. The topological polar surface area (TPSA) is 41.1 Å². The van der Waals surface area contributed by atoms with Crippen molar-refractivity contribution in [2.24, 2.45) is 0 Å². The Labute approximate surface area is 108 Å². The van der Waals surface area contributed by atoms with E-state index in [1.807, 2.05) is 39.0 Å². The normalized spacial score (nSPS) is 10.8. The minimum Gasteiger partial charge on any atom is -0.358 e. The third-order valence-electron chi connectivity index (χ3n) is 1.99. The van der Waals surface area contributed by atoms with Crippen LogP contribution in [0.4, 0.5) is 0 Å². The molecule has 0 fully saturated rings. The third kappa shape index (κ3) is 5.45. The van der Waals surface area contributed by atoms with E-state index in [2.05, 4.69) is 10.6 Å². The molecule has 0 aromatic heterocycles. The van der Waals surface area contributed by atoms with Crippen molar-refractivity contribution in [3.63, 3.8) is 0 Å². The van der Waals surface area contributed by atoms with Crippen LogP contribution in [0, 0.1) is 0 Å². The lowest BCUT2D eigenvalue weighted by molar-refractivity contribution is 0.0996. The van der Waals surface area contributed by atoms with E-state index in [1.54, 1.807) is 12.1 Å². The highest BCUT2D eigenvalue weighted by Crippen LogP contribution is 2.00. The van der Waals surface area contributed by atoms with Gasteiger partial charge in [0, 0.05) is 11.1 Å². The van der Waals surface area contributed by atoms with Crippen molar-refractivity contribution in [2.45, 2.75) is 26.3 Å². The molecule has 0 bridgehead atoms. The lowest BCUT2D eigenvalue weighted by Gasteiger charge is -2.22. The van der Waals surface area contributed by atoms with Gasteiger partial charge in [0.15, 0.2) is 10.9 Å². The highest BCUT2D eigenvalue weighted by molar-refractivity contribution is 7.80. The molecule has 0 aliphatic rings. The maximum absolute atomic E-state index is 11.8. The summed E-state index contributed by atoms with van der Waals surface area (Å²) in [5.74, 6) is 0.0312. The van der Waals surface area contributed by atoms with Gasteiger partial charge in [0.05, 0.1) is 6.54 Å². The monoisotopic (exact) mass is 250 g/mol. The molecule has 0 aliphatic heterocycles. The molecule has 0 spiro atoms. The summed E-state index contributed by atoms with van der Waals surface area (Å²) >= 11 is 5.10. The van der Waals surface area contributed by atoms with E-state index in [-0.39, 0.29) is 17.9 Å². The fourth-order valence-electron chi connectivity index (χ4n) is 1.27. The van der Waals surface area contributed by atoms with E-state index in [0.717, 1.165) is 0 Å². The summed E-state index contributed by atoms with van der Waals surface area (Å²) in [5.41, 5.74) is 0.596. The largest absolute Gasteiger partial charge is 0.358 e. The van der Waals surface area contributed by atoms with Gasteiger partial charge in [-0.3, -0.25) is 4.79 Å². The maximum Gasteiger partial charge on any atom is 0.181 e. The van der Waals surface area contributed by atoms with Gasteiger partial charge >= 0.3 is 0 Å². The zero-order valence-corrected chi connectivity index (χ0v) is 11.2. The number of carbonyl (C=O) groups is 1. The second-order valence-electron chi connectivity index (χ2n) is 4.85. The van der Waals surface area contributed by atoms with Gasteiger partial charge in [-0.25, -0.2) is 0 Å². The smallest absolute Gasteiger partial charge is 0.181 e. The molecule has 0 saturated carbocycles. The van der Waals surface area contributed by atoms with Crippen molar-refractivity contribution < 1.29 is 4.79 Å². The Morgan fingerprint density at radius 2 is 1.82 bits per heavy atom. The molecule has 0 amide bonds. The second kappa shape index (κ2) is 5.77. The molecule has 3 nitrogen and oxygen atoms in total. The minimum atomic E-state index is -0.0973. The van der Waals surface area contributed by atoms with E-state index in [9.17, 15) is 4.79 Å². The van der Waals surface area contributed by atoms with Crippen LogP contribution >= 0.6 is 12.2 Å². The Kier molecular flexibility index (Phi) is 4.63. The average Bonchev–Trinajstić information content (AvgIpc) is 2.25. The Bertz CT molecular complexity index is 396. The Hall–Kier alpha value is -1.42. The molecular formula is C13H18N2OS. The quantitative estimate of drug-likeness (QED) is 0.637. The van der Waals surface area contributed by atoms with E-state index >= 15 is 0 Å². The van der Waals surface area contributed by atoms with Crippen LogP contribution in [-0.2, 0) is 0 Å². The van der Waals surface area contributed by atoms with Crippen molar-refractivity contribution in [1.82, 2.24) is 10.6 Å². The van der Waals surface area contributed by atoms with Gasteiger partial charge in [0.25, 0.3) is 0 Å². The van der Waals surface area contributed by atoms with Crippen LogP contribution in [0.2, 0.25) is 0 Å². The van der Waals surface area contributed by atoms with Gasteiger partial charge in [-0.1, -0.05) is 30.3 Å². The molecule has 2 N–H and O–H groups in total. The second-order valence-corrected chi connectivity index (χ2v) is 5.26. The molecule has 0 atom stereocenters. The summed E-state index contributed by atoms with van der Waals surface area (Å²) in [6.07, 6.45) is 0. The van der Waals surface area contributed by atoms with Crippen LogP contribution in [-0.4, -0.2) is 23.0 Å². The van der Waals surface area contributed by atoms with Crippen molar-refractivity contribution in [3.05, 3.63) is 35.9 Å². The average molecular weight is 250 g/mol. The predicted molar refractivity (Wildman–Crippen MR) is 74.3 cm³/mol.